The smallest absolute Gasteiger partial charge is 3.00 e. The second kappa shape index (κ2) is 3.25. The van der Waals surface area contributed by atoms with E-state index in [0.717, 1.165) is 0 Å². The van der Waals surface area contributed by atoms with Crippen molar-refractivity contribution in [3.63, 3.8) is 0 Å². The van der Waals surface area contributed by atoms with Gasteiger partial charge in [0.15, 0.2) is 0 Å². The van der Waals surface area contributed by atoms with Gasteiger partial charge in [0, 0.05) is 0 Å². The zero-order chi connectivity index (χ0) is 12.8. The SMILES string of the molecule is [F][Sb-]([F])([F])([F])([F])[F].[F][Sb-]([F])([F])([F])([F])[F].[Rh+3]. The predicted octanol–water partition coefficient (Wildman–Crippen LogP) is 4.28. The summed E-state index contributed by atoms with van der Waals surface area (Å²) in [5.41, 5.74) is 0. The molecular weight excluding hydrogens is 574 g/mol. The molecule has 0 fully saturated rings. The minimum absolute atomic E-state index is 0. The molecule has 102 valence electrons. The van der Waals surface area contributed by atoms with Gasteiger partial charge in [0.25, 0.3) is 0 Å². The van der Waals surface area contributed by atoms with Crippen molar-refractivity contribution in [1.29, 1.82) is 0 Å². The summed E-state index contributed by atoms with van der Waals surface area (Å²) in [5.74, 6) is 0. The molecule has 0 aliphatic rings. The maximum atomic E-state index is 9.93. The summed E-state index contributed by atoms with van der Waals surface area (Å²) in [7, 11) is 0. The van der Waals surface area contributed by atoms with E-state index in [1.165, 1.54) is 0 Å². The molecule has 15 heteroatoms. The summed E-state index contributed by atoms with van der Waals surface area (Å²) >= 11 is -22.5. The van der Waals surface area contributed by atoms with Crippen molar-refractivity contribution >= 4 is 39.0 Å². The fourth-order valence-electron chi connectivity index (χ4n) is 0. The Kier molecular flexibility index (Phi) is 4.69. The van der Waals surface area contributed by atoms with Crippen LogP contribution < -0.4 is 0 Å². The first-order valence-electron chi connectivity index (χ1n) is 2.03. The first-order valence-corrected chi connectivity index (χ1v) is 13.6. The normalized spacial score (nSPS) is 21.6. The second-order valence-electron chi connectivity index (χ2n) is 1.92. The first-order chi connectivity index (χ1) is 4.90. The van der Waals surface area contributed by atoms with Gasteiger partial charge in [-0.1, -0.05) is 0 Å². The Labute approximate surface area is 91.5 Å². The Morgan fingerprint density at radius 1 is 0.333 bits per heavy atom. The van der Waals surface area contributed by atoms with Crippen LogP contribution in [0, 0.1) is 0 Å². The largest absolute Gasteiger partial charge is 3.00 e. The van der Waals surface area contributed by atoms with Crippen LogP contribution in [0.4, 0.5) is 33.8 Å². The maximum Gasteiger partial charge on any atom is 3.00 e. The maximum absolute atomic E-state index is 11.2. The van der Waals surface area contributed by atoms with E-state index >= 15 is 0 Å². The Balaban J connectivity index is -0.000000180. The van der Waals surface area contributed by atoms with Gasteiger partial charge in [0.2, 0.25) is 0 Å². The molecule has 0 nitrogen and oxygen atoms in total. The second-order valence-corrected chi connectivity index (χ2v) is 12.9. The standard InChI is InChI=1S/12FH.Rh.2Sb/h12*1H;;;/q;;;;;;;;;;;;+3;2*+5/p-12. The van der Waals surface area contributed by atoms with E-state index in [9.17, 15) is 33.8 Å². The molecule has 0 aromatic carbocycles. The number of rotatable bonds is 0. The fraction of sp³-hybridized carbons (Fsp3) is 0. The third kappa shape index (κ3) is 1380. The third-order valence-electron chi connectivity index (χ3n) is 0. The van der Waals surface area contributed by atoms with Crippen LogP contribution in [-0.4, -0.2) is 39.0 Å². The zero-order valence-electron chi connectivity index (χ0n) is 5.76. The Morgan fingerprint density at radius 2 is 0.333 bits per heavy atom. The summed E-state index contributed by atoms with van der Waals surface area (Å²) < 4.78 is 119. The van der Waals surface area contributed by atoms with Crippen LogP contribution >= 0.6 is 0 Å². The molecule has 0 bridgehead atoms. The molecule has 0 spiro atoms. The summed E-state index contributed by atoms with van der Waals surface area (Å²) in [5, 5.41) is 0. The van der Waals surface area contributed by atoms with Gasteiger partial charge >= 0.3 is 92.2 Å². The van der Waals surface area contributed by atoms with Crippen LogP contribution in [0.15, 0.2) is 0 Å². The van der Waals surface area contributed by atoms with Crippen LogP contribution in [0.5, 0.6) is 0 Å². The molecule has 0 saturated heterocycles. The van der Waals surface area contributed by atoms with E-state index in [4.69, 9.17) is 0 Å². The van der Waals surface area contributed by atoms with Gasteiger partial charge in [0.1, 0.15) is 0 Å². The third-order valence-corrected chi connectivity index (χ3v) is 0. The topological polar surface area (TPSA) is 0 Å². The van der Waals surface area contributed by atoms with Crippen molar-refractivity contribution in [3.8, 4) is 0 Å². The van der Waals surface area contributed by atoms with Gasteiger partial charge < -0.3 is 0 Å². The van der Waals surface area contributed by atoms with Gasteiger partial charge in [-0.25, -0.2) is 0 Å². The Morgan fingerprint density at radius 3 is 0.333 bits per heavy atom. The molecule has 0 heterocycles. The number of hydrogen-bond donors (Lipinski definition) is 0. The number of halogens is 12. The molecule has 0 radical (unpaired) electrons. The van der Waals surface area contributed by atoms with Gasteiger partial charge in [0.05, 0.1) is 0 Å². The molecule has 0 aliphatic carbocycles. The van der Waals surface area contributed by atoms with E-state index in [0.29, 0.717) is 0 Å². The molecule has 0 aliphatic heterocycles. The molecule has 0 N–H and O–H groups in total. The van der Waals surface area contributed by atoms with E-state index < -0.39 is 39.0 Å². The van der Waals surface area contributed by atoms with Crippen LogP contribution in [0.2, 0.25) is 0 Å². The van der Waals surface area contributed by atoms with Crippen LogP contribution in [-0.2, 0) is 19.5 Å². The minimum atomic E-state index is -11.2. The molecule has 0 amide bonds. The van der Waals surface area contributed by atoms with Crippen molar-refractivity contribution in [3.05, 3.63) is 0 Å². The van der Waals surface area contributed by atoms with Crippen molar-refractivity contribution < 1.29 is 53.2 Å². The monoisotopic (exact) mass is 573 g/mol. The molecule has 0 aromatic rings. The van der Waals surface area contributed by atoms with Crippen molar-refractivity contribution in [2.45, 2.75) is 0 Å². The average molecular weight is 574 g/mol. The Hall–Kier alpha value is 1.42. The Bertz CT molecular complexity index is 161. The molecule has 0 saturated carbocycles. The van der Waals surface area contributed by atoms with Crippen LogP contribution in [0.3, 0.4) is 0 Å². The zero-order valence-corrected chi connectivity index (χ0v) is 12.5. The molecule has 0 rings (SSSR count). The van der Waals surface area contributed by atoms with E-state index in [-0.39, 0.29) is 19.5 Å². The molecule has 0 unspecified atom stereocenters. The first kappa shape index (κ1) is 21.7. The minimum Gasteiger partial charge on any atom is 3.00 e. The summed E-state index contributed by atoms with van der Waals surface area (Å²) in [4.78, 5) is 0. The average Bonchev–Trinajstić information content (AvgIpc) is 0.938. The van der Waals surface area contributed by atoms with Crippen molar-refractivity contribution in [1.82, 2.24) is 0 Å². The van der Waals surface area contributed by atoms with Gasteiger partial charge in [-0.05, 0) is 0 Å². The van der Waals surface area contributed by atoms with E-state index in [1.54, 1.807) is 0 Å². The molecule has 15 heavy (non-hydrogen) atoms. The predicted molar refractivity (Wildman–Crippen MR) is 24.8 cm³/mol. The van der Waals surface area contributed by atoms with Gasteiger partial charge in [-0.2, -0.15) is 0 Å². The quantitative estimate of drug-likeness (QED) is 0.300. The van der Waals surface area contributed by atoms with Gasteiger partial charge in [-0.3, -0.25) is 0 Å². The molecule has 0 atom stereocenters. The van der Waals surface area contributed by atoms with Gasteiger partial charge in [-0.15, -0.1) is 0 Å². The summed E-state index contributed by atoms with van der Waals surface area (Å²) in [6, 6.07) is 0. The van der Waals surface area contributed by atoms with Crippen molar-refractivity contribution in [2.75, 3.05) is 0 Å². The number of hydrogen-bond acceptors (Lipinski definition) is 0. The summed E-state index contributed by atoms with van der Waals surface area (Å²) in [6.07, 6.45) is 0. The van der Waals surface area contributed by atoms with Crippen LogP contribution in [0.1, 0.15) is 0 Å². The summed E-state index contributed by atoms with van der Waals surface area (Å²) in [6.45, 7) is 0. The van der Waals surface area contributed by atoms with E-state index in [2.05, 4.69) is 0 Å². The molecular formula is F12RhSb2+. The fourth-order valence-corrected chi connectivity index (χ4v) is 0. The van der Waals surface area contributed by atoms with E-state index in [1.807, 2.05) is 0 Å². The van der Waals surface area contributed by atoms with Crippen molar-refractivity contribution in [2.24, 2.45) is 0 Å². The van der Waals surface area contributed by atoms with Crippen LogP contribution in [0.25, 0.3) is 0 Å². The molecule has 0 aromatic heterocycles.